The van der Waals surface area contributed by atoms with E-state index >= 15 is 0 Å². The monoisotopic (exact) mass is 405 g/mol. The van der Waals surface area contributed by atoms with Crippen LogP contribution in [0.15, 0.2) is 63.5 Å². The van der Waals surface area contributed by atoms with Gasteiger partial charge < -0.3 is 5.11 Å². The molecule has 3 rings (SSSR count). The topological polar surface area (TPSA) is 33.1 Å². The highest BCUT2D eigenvalue weighted by Crippen LogP contribution is 2.28. The average Bonchev–Trinajstić information content (AvgIpc) is 2.50. The van der Waals surface area contributed by atoms with Gasteiger partial charge in [0, 0.05) is 26.4 Å². The van der Waals surface area contributed by atoms with Crippen molar-refractivity contribution >= 4 is 42.8 Å². The van der Waals surface area contributed by atoms with Gasteiger partial charge in [0.1, 0.15) is 0 Å². The Bertz CT molecular complexity index is 789. The number of nitrogens with zero attached hydrogens (tertiary/aromatic N) is 1. The Morgan fingerprint density at radius 2 is 1.76 bits per heavy atom. The van der Waals surface area contributed by atoms with Crippen LogP contribution in [0.5, 0.6) is 0 Å². The standard InChI is InChI=1S/C17H13Br2NO/c18-14-8-6-12(9-15(14)19)17(21)10-13-7-5-11-3-1-2-4-16(11)20-13/h1-9,17,21H,10H2. The van der Waals surface area contributed by atoms with Gasteiger partial charge in [-0.25, -0.2) is 0 Å². The number of fused-ring (bicyclic) bond motifs is 1. The third-order valence-corrected chi connectivity index (χ3v) is 5.27. The molecule has 3 aromatic rings. The molecule has 2 aromatic carbocycles. The van der Waals surface area contributed by atoms with E-state index < -0.39 is 6.10 Å². The van der Waals surface area contributed by atoms with Crippen LogP contribution in [0, 0.1) is 0 Å². The smallest absolute Gasteiger partial charge is 0.0845 e. The van der Waals surface area contributed by atoms with Crippen LogP contribution in [-0.2, 0) is 6.42 Å². The lowest BCUT2D eigenvalue weighted by molar-refractivity contribution is 0.177. The third kappa shape index (κ3) is 3.34. The molecule has 0 spiro atoms. The van der Waals surface area contributed by atoms with Crippen LogP contribution in [0.4, 0.5) is 0 Å². The zero-order chi connectivity index (χ0) is 14.8. The molecule has 0 aliphatic rings. The van der Waals surface area contributed by atoms with Gasteiger partial charge in [-0.3, -0.25) is 4.98 Å². The molecular formula is C17H13Br2NO. The second-order valence-corrected chi connectivity index (χ2v) is 6.60. The molecule has 0 saturated heterocycles. The van der Waals surface area contributed by atoms with Crippen molar-refractivity contribution in [3.8, 4) is 0 Å². The van der Waals surface area contributed by atoms with E-state index in [1.54, 1.807) is 0 Å². The summed E-state index contributed by atoms with van der Waals surface area (Å²) in [6.45, 7) is 0. The summed E-state index contributed by atoms with van der Waals surface area (Å²) >= 11 is 6.89. The first-order valence-corrected chi connectivity index (χ1v) is 8.20. The molecular weight excluding hydrogens is 394 g/mol. The summed E-state index contributed by atoms with van der Waals surface area (Å²) in [6.07, 6.45) is -0.0677. The predicted molar refractivity (Wildman–Crippen MR) is 92.2 cm³/mol. The quantitative estimate of drug-likeness (QED) is 0.661. The van der Waals surface area contributed by atoms with E-state index in [0.29, 0.717) is 6.42 Å². The summed E-state index contributed by atoms with van der Waals surface area (Å²) in [5.74, 6) is 0. The molecule has 0 fully saturated rings. The first kappa shape index (κ1) is 14.7. The van der Waals surface area contributed by atoms with Crippen LogP contribution in [0.2, 0.25) is 0 Å². The number of aliphatic hydroxyl groups is 1. The van der Waals surface area contributed by atoms with Crippen LogP contribution in [0.3, 0.4) is 0 Å². The van der Waals surface area contributed by atoms with Crippen LogP contribution in [-0.4, -0.2) is 10.1 Å². The van der Waals surface area contributed by atoms with E-state index in [4.69, 9.17) is 0 Å². The highest BCUT2D eigenvalue weighted by Gasteiger charge is 2.11. The molecule has 1 heterocycles. The van der Waals surface area contributed by atoms with Gasteiger partial charge in [-0.05, 0) is 61.7 Å². The molecule has 21 heavy (non-hydrogen) atoms. The predicted octanol–water partition coefficient (Wildman–Crippen LogP) is 5.04. The van der Waals surface area contributed by atoms with Gasteiger partial charge in [-0.15, -0.1) is 0 Å². The normalized spacial score (nSPS) is 12.5. The molecule has 0 bridgehead atoms. The van der Waals surface area contributed by atoms with Crippen molar-refractivity contribution < 1.29 is 5.11 Å². The van der Waals surface area contributed by atoms with Gasteiger partial charge in [0.15, 0.2) is 0 Å². The molecule has 1 unspecified atom stereocenters. The fraction of sp³-hybridized carbons (Fsp3) is 0.118. The molecule has 0 aliphatic carbocycles. The summed E-state index contributed by atoms with van der Waals surface area (Å²) in [4.78, 5) is 4.60. The maximum atomic E-state index is 10.4. The Kier molecular flexibility index (Phi) is 4.38. The lowest BCUT2D eigenvalue weighted by atomic mass is 10.0. The Morgan fingerprint density at radius 1 is 0.952 bits per heavy atom. The van der Waals surface area contributed by atoms with Gasteiger partial charge in [-0.1, -0.05) is 30.3 Å². The van der Waals surface area contributed by atoms with Gasteiger partial charge in [0.25, 0.3) is 0 Å². The number of benzene rings is 2. The Balaban J connectivity index is 1.85. The summed E-state index contributed by atoms with van der Waals surface area (Å²) in [7, 11) is 0. The molecule has 0 saturated carbocycles. The molecule has 1 N–H and O–H groups in total. The maximum Gasteiger partial charge on any atom is 0.0845 e. The number of hydrogen-bond donors (Lipinski definition) is 1. The summed E-state index contributed by atoms with van der Waals surface area (Å²) in [5, 5.41) is 11.5. The number of aliphatic hydroxyl groups excluding tert-OH is 1. The Morgan fingerprint density at radius 3 is 2.57 bits per heavy atom. The Hall–Kier alpha value is -1.23. The van der Waals surface area contributed by atoms with Crippen LogP contribution in [0.1, 0.15) is 17.4 Å². The minimum absolute atomic E-state index is 0.499. The number of para-hydroxylation sites is 1. The van der Waals surface area contributed by atoms with Crippen molar-refractivity contribution in [1.82, 2.24) is 4.98 Å². The summed E-state index contributed by atoms with van der Waals surface area (Å²) in [6, 6.07) is 17.8. The second kappa shape index (κ2) is 6.26. The number of aromatic nitrogens is 1. The number of halogens is 2. The zero-order valence-electron chi connectivity index (χ0n) is 11.1. The van der Waals surface area contributed by atoms with E-state index in [1.165, 1.54) is 0 Å². The fourth-order valence-corrected chi connectivity index (χ4v) is 2.90. The molecule has 0 aliphatic heterocycles. The molecule has 0 radical (unpaired) electrons. The molecule has 1 aromatic heterocycles. The van der Waals surface area contributed by atoms with Crippen molar-refractivity contribution in [3.05, 3.63) is 74.8 Å². The van der Waals surface area contributed by atoms with Gasteiger partial charge >= 0.3 is 0 Å². The van der Waals surface area contributed by atoms with E-state index in [9.17, 15) is 5.11 Å². The van der Waals surface area contributed by atoms with Crippen LogP contribution in [0.25, 0.3) is 10.9 Å². The molecule has 106 valence electrons. The average molecular weight is 407 g/mol. The van der Waals surface area contributed by atoms with Crippen molar-refractivity contribution in [3.63, 3.8) is 0 Å². The lowest BCUT2D eigenvalue weighted by Crippen LogP contribution is -2.03. The zero-order valence-corrected chi connectivity index (χ0v) is 14.3. The molecule has 1 atom stereocenters. The number of pyridine rings is 1. The van der Waals surface area contributed by atoms with Gasteiger partial charge in [-0.2, -0.15) is 0 Å². The number of hydrogen-bond acceptors (Lipinski definition) is 2. The first-order chi connectivity index (χ1) is 10.1. The second-order valence-electron chi connectivity index (χ2n) is 4.89. The van der Waals surface area contributed by atoms with E-state index in [0.717, 1.165) is 31.1 Å². The van der Waals surface area contributed by atoms with E-state index in [1.807, 2.05) is 54.6 Å². The number of rotatable bonds is 3. The van der Waals surface area contributed by atoms with E-state index in [-0.39, 0.29) is 0 Å². The van der Waals surface area contributed by atoms with Crippen molar-refractivity contribution in [2.45, 2.75) is 12.5 Å². The molecule has 0 amide bonds. The van der Waals surface area contributed by atoms with Gasteiger partial charge in [0.2, 0.25) is 0 Å². The highest BCUT2D eigenvalue weighted by atomic mass is 79.9. The molecule has 2 nitrogen and oxygen atoms in total. The fourth-order valence-electron chi connectivity index (χ4n) is 2.26. The van der Waals surface area contributed by atoms with Crippen molar-refractivity contribution in [1.29, 1.82) is 0 Å². The first-order valence-electron chi connectivity index (χ1n) is 6.61. The Labute approximate surface area is 140 Å². The van der Waals surface area contributed by atoms with Crippen molar-refractivity contribution in [2.75, 3.05) is 0 Å². The third-order valence-electron chi connectivity index (χ3n) is 3.39. The largest absolute Gasteiger partial charge is 0.388 e. The van der Waals surface area contributed by atoms with Crippen molar-refractivity contribution in [2.24, 2.45) is 0 Å². The maximum absolute atomic E-state index is 10.4. The highest BCUT2D eigenvalue weighted by molar-refractivity contribution is 9.13. The minimum atomic E-state index is -0.567. The lowest BCUT2D eigenvalue weighted by Gasteiger charge is -2.12. The van der Waals surface area contributed by atoms with Gasteiger partial charge in [0.05, 0.1) is 11.6 Å². The molecule has 4 heteroatoms. The summed E-state index contributed by atoms with van der Waals surface area (Å²) < 4.78 is 1.91. The van der Waals surface area contributed by atoms with Crippen LogP contribution >= 0.6 is 31.9 Å². The minimum Gasteiger partial charge on any atom is -0.388 e. The van der Waals surface area contributed by atoms with E-state index in [2.05, 4.69) is 36.8 Å². The van der Waals surface area contributed by atoms with Crippen LogP contribution < -0.4 is 0 Å². The SMILES string of the molecule is OC(Cc1ccc2ccccc2n1)c1ccc(Br)c(Br)c1. The summed E-state index contributed by atoms with van der Waals surface area (Å²) in [5.41, 5.74) is 2.72.